The van der Waals surface area contributed by atoms with E-state index in [2.05, 4.69) is 31.4 Å². The summed E-state index contributed by atoms with van der Waals surface area (Å²) < 4.78 is 0.997. The maximum Gasteiger partial charge on any atom is 0.289 e. The van der Waals surface area contributed by atoms with Crippen LogP contribution in [-0.2, 0) is 0 Å². The lowest BCUT2D eigenvalue weighted by Crippen LogP contribution is -2.18. The van der Waals surface area contributed by atoms with Crippen molar-refractivity contribution in [1.29, 1.82) is 0 Å². The van der Waals surface area contributed by atoms with Crippen LogP contribution in [0.15, 0.2) is 58.2 Å². The Balaban J connectivity index is 1.96. The first-order chi connectivity index (χ1) is 8.75. The van der Waals surface area contributed by atoms with Gasteiger partial charge < -0.3 is 0 Å². The van der Waals surface area contributed by atoms with Crippen molar-refractivity contribution in [3.05, 3.63) is 64.4 Å². The molecule has 2 aromatic rings. The first-order valence-corrected chi connectivity index (χ1v) is 6.05. The van der Waals surface area contributed by atoms with Gasteiger partial charge in [0.05, 0.1) is 6.21 Å². The molecule has 0 fully saturated rings. The molecular formula is C13H10BrN3O. The molecule has 0 aliphatic heterocycles. The molecule has 4 nitrogen and oxygen atoms in total. The molecule has 1 heterocycles. The van der Waals surface area contributed by atoms with Crippen LogP contribution in [0.5, 0.6) is 0 Å². The van der Waals surface area contributed by atoms with Gasteiger partial charge >= 0.3 is 0 Å². The first kappa shape index (κ1) is 12.4. The van der Waals surface area contributed by atoms with Crippen molar-refractivity contribution in [2.75, 3.05) is 0 Å². The van der Waals surface area contributed by atoms with Crippen molar-refractivity contribution in [2.45, 2.75) is 0 Å². The predicted molar refractivity (Wildman–Crippen MR) is 73.4 cm³/mol. The number of halogens is 1. The van der Waals surface area contributed by atoms with Crippen LogP contribution in [-0.4, -0.2) is 17.1 Å². The maximum absolute atomic E-state index is 11.6. The van der Waals surface area contributed by atoms with Crippen molar-refractivity contribution in [1.82, 2.24) is 10.4 Å². The molecule has 0 spiro atoms. The summed E-state index contributed by atoms with van der Waals surface area (Å²) in [5.74, 6) is -0.330. The zero-order chi connectivity index (χ0) is 12.8. The van der Waals surface area contributed by atoms with Gasteiger partial charge in [-0.05, 0) is 29.8 Å². The Hall–Kier alpha value is -2.01. The highest BCUT2D eigenvalue weighted by Crippen LogP contribution is 2.08. The lowest BCUT2D eigenvalue weighted by Gasteiger charge is -1.98. The number of hydrogen-bond donors (Lipinski definition) is 1. The molecule has 5 heteroatoms. The molecule has 0 atom stereocenters. The van der Waals surface area contributed by atoms with Crippen LogP contribution < -0.4 is 5.43 Å². The highest BCUT2D eigenvalue weighted by molar-refractivity contribution is 9.10. The number of nitrogens with one attached hydrogen (secondary N) is 1. The molecule has 0 saturated heterocycles. The van der Waals surface area contributed by atoms with Crippen LogP contribution in [0.3, 0.4) is 0 Å². The van der Waals surface area contributed by atoms with E-state index >= 15 is 0 Å². The Bertz CT molecular complexity index is 552. The third-order valence-electron chi connectivity index (χ3n) is 2.15. The fraction of sp³-hybridized carbons (Fsp3) is 0. The number of nitrogens with zero attached hydrogens (tertiary/aromatic N) is 2. The van der Waals surface area contributed by atoms with Gasteiger partial charge in [-0.15, -0.1) is 0 Å². The van der Waals surface area contributed by atoms with E-state index in [-0.39, 0.29) is 5.91 Å². The predicted octanol–water partition coefficient (Wildman–Crippen LogP) is 2.61. The number of carbonyl (C=O) groups excluding carboxylic acids is 1. The molecule has 1 aromatic carbocycles. The smallest absolute Gasteiger partial charge is 0.266 e. The summed E-state index contributed by atoms with van der Waals surface area (Å²) in [6, 6.07) is 12.7. The summed E-state index contributed by atoms with van der Waals surface area (Å²) in [6.07, 6.45) is 3.14. The summed E-state index contributed by atoms with van der Waals surface area (Å²) in [5, 5.41) is 3.87. The quantitative estimate of drug-likeness (QED) is 0.700. The zero-order valence-corrected chi connectivity index (χ0v) is 11.0. The Morgan fingerprint density at radius 3 is 2.67 bits per heavy atom. The van der Waals surface area contributed by atoms with Crippen LogP contribution in [0.25, 0.3) is 0 Å². The molecule has 90 valence electrons. The molecule has 0 radical (unpaired) electrons. The summed E-state index contributed by atoms with van der Waals surface area (Å²) in [5.41, 5.74) is 3.66. The molecule has 1 amide bonds. The van der Waals surface area contributed by atoms with Crippen molar-refractivity contribution >= 4 is 28.1 Å². The lowest BCUT2D eigenvalue weighted by molar-refractivity contribution is 0.0950. The van der Waals surface area contributed by atoms with E-state index in [1.54, 1.807) is 30.6 Å². The Morgan fingerprint density at radius 1 is 1.22 bits per heavy atom. The van der Waals surface area contributed by atoms with Crippen molar-refractivity contribution in [3.63, 3.8) is 0 Å². The van der Waals surface area contributed by atoms with Gasteiger partial charge in [0.15, 0.2) is 0 Å². The van der Waals surface area contributed by atoms with Crippen molar-refractivity contribution in [3.8, 4) is 0 Å². The van der Waals surface area contributed by atoms with E-state index in [1.807, 2.05) is 24.3 Å². The summed E-state index contributed by atoms with van der Waals surface area (Å²) in [7, 11) is 0. The SMILES string of the molecule is O=C(NN=Cc1ccc(Br)cc1)c1ccccn1. The molecular weight excluding hydrogens is 294 g/mol. The number of hydrazone groups is 1. The Morgan fingerprint density at radius 2 is 2.00 bits per heavy atom. The fourth-order valence-electron chi connectivity index (χ4n) is 1.27. The first-order valence-electron chi connectivity index (χ1n) is 5.26. The average molecular weight is 304 g/mol. The molecule has 0 bridgehead atoms. The minimum absolute atomic E-state index is 0.330. The van der Waals surface area contributed by atoms with E-state index in [0.29, 0.717) is 5.69 Å². The third-order valence-corrected chi connectivity index (χ3v) is 2.68. The topological polar surface area (TPSA) is 54.4 Å². The normalized spacial score (nSPS) is 10.5. The van der Waals surface area contributed by atoms with Crippen LogP contribution in [0, 0.1) is 0 Å². The molecule has 0 aliphatic carbocycles. The van der Waals surface area contributed by atoms with E-state index in [4.69, 9.17) is 0 Å². The van der Waals surface area contributed by atoms with E-state index in [9.17, 15) is 4.79 Å². The van der Waals surface area contributed by atoms with Gasteiger partial charge in [0.1, 0.15) is 5.69 Å². The van der Waals surface area contributed by atoms with Crippen molar-refractivity contribution in [2.24, 2.45) is 5.10 Å². The third kappa shape index (κ3) is 3.49. The Kier molecular flexibility index (Phi) is 4.20. The fourth-order valence-corrected chi connectivity index (χ4v) is 1.53. The van der Waals surface area contributed by atoms with Gasteiger partial charge in [-0.25, -0.2) is 5.43 Å². The van der Waals surface area contributed by atoms with Gasteiger partial charge in [0, 0.05) is 10.7 Å². The van der Waals surface area contributed by atoms with Gasteiger partial charge in [0.25, 0.3) is 5.91 Å². The lowest BCUT2D eigenvalue weighted by atomic mass is 10.2. The summed E-state index contributed by atoms with van der Waals surface area (Å²) in [6.45, 7) is 0. The molecule has 0 aliphatic rings. The van der Waals surface area contributed by atoms with Crippen LogP contribution in [0.4, 0.5) is 0 Å². The molecule has 0 unspecified atom stereocenters. The van der Waals surface area contributed by atoms with E-state index in [0.717, 1.165) is 10.0 Å². The van der Waals surface area contributed by atoms with Gasteiger partial charge in [-0.3, -0.25) is 9.78 Å². The van der Waals surface area contributed by atoms with Crippen LogP contribution in [0.2, 0.25) is 0 Å². The van der Waals surface area contributed by atoms with Crippen LogP contribution in [0.1, 0.15) is 16.1 Å². The number of amides is 1. The minimum atomic E-state index is -0.330. The Labute approximate surface area is 113 Å². The zero-order valence-electron chi connectivity index (χ0n) is 9.38. The number of aromatic nitrogens is 1. The summed E-state index contributed by atoms with van der Waals surface area (Å²) >= 11 is 3.34. The number of hydrogen-bond acceptors (Lipinski definition) is 3. The van der Waals surface area contributed by atoms with E-state index in [1.165, 1.54) is 0 Å². The van der Waals surface area contributed by atoms with Crippen LogP contribution >= 0.6 is 15.9 Å². The van der Waals surface area contributed by atoms with Gasteiger partial charge in [-0.1, -0.05) is 34.1 Å². The monoisotopic (exact) mass is 303 g/mol. The average Bonchev–Trinajstić information content (AvgIpc) is 2.42. The molecule has 1 N–H and O–H groups in total. The second-order valence-electron chi connectivity index (χ2n) is 3.47. The van der Waals surface area contributed by atoms with Crippen molar-refractivity contribution < 1.29 is 4.79 Å². The van der Waals surface area contributed by atoms with E-state index < -0.39 is 0 Å². The highest BCUT2D eigenvalue weighted by Gasteiger charge is 2.03. The van der Waals surface area contributed by atoms with Gasteiger partial charge in [-0.2, -0.15) is 5.10 Å². The number of rotatable bonds is 3. The van der Waals surface area contributed by atoms with Gasteiger partial charge in [0.2, 0.25) is 0 Å². The molecule has 18 heavy (non-hydrogen) atoms. The number of carbonyl (C=O) groups is 1. The number of pyridine rings is 1. The molecule has 2 rings (SSSR count). The second kappa shape index (κ2) is 6.07. The highest BCUT2D eigenvalue weighted by atomic mass is 79.9. The largest absolute Gasteiger partial charge is 0.289 e. The number of benzene rings is 1. The molecule has 1 aromatic heterocycles. The summed E-state index contributed by atoms with van der Waals surface area (Å²) in [4.78, 5) is 15.5. The molecule has 0 saturated carbocycles. The maximum atomic E-state index is 11.6. The minimum Gasteiger partial charge on any atom is -0.266 e. The second-order valence-corrected chi connectivity index (χ2v) is 4.38. The standard InChI is InChI=1S/C13H10BrN3O/c14-11-6-4-10(5-7-11)9-16-17-13(18)12-3-1-2-8-15-12/h1-9H,(H,17,18).